The molecule has 0 saturated carbocycles. The lowest BCUT2D eigenvalue weighted by molar-refractivity contribution is -0.134. The number of furan rings is 1. The first-order valence-corrected chi connectivity index (χ1v) is 9.33. The van der Waals surface area contributed by atoms with Gasteiger partial charge in [-0.1, -0.05) is 19.9 Å². The van der Waals surface area contributed by atoms with Crippen molar-refractivity contribution in [3.8, 4) is 0 Å². The third-order valence-corrected chi connectivity index (χ3v) is 4.62. The number of rotatable bonds is 6. The van der Waals surface area contributed by atoms with E-state index >= 15 is 0 Å². The molecule has 1 atom stereocenters. The van der Waals surface area contributed by atoms with Crippen LogP contribution in [0.1, 0.15) is 30.8 Å². The van der Waals surface area contributed by atoms with Crippen LogP contribution in [0.4, 0.5) is 5.82 Å². The molecule has 0 radical (unpaired) electrons. The standard InChI is InChI=1S/C20H26N4O3/c1-15(2)14-16(22-19(25)17-6-5-13-27-17)20(26)24-11-9-23(10-12-24)18-7-3-4-8-21-18/h3-8,13,15-16H,9-12,14H2,1-2H3,(H,22,25)/t16-/m1/s1. The van der Waals surface area contributed by atoms with Crippen molar-refractivity contribution in [3.63, 3.8) is 0 Å². The molecule has 1 N–H and O–H groups in total. The topological polar surface area (TPSA) is 78.7 Å². The van der Waals surface area contributed by atoms with Crippen LogP contribution in [0.5, 0.6) is 0 Å². The van der Waals surface area contributed by atoms with Crippen molar-refractivity contribution in [1.82, 2.24) is 15.2 Å². The highest BCUT2D eigenvalue weighted by atomic mass is 16.3. The maximum Gasteiger partial charge on any atom is 0.287 e. The van der Waals surface area contributed by atoms with E-state index in [1.54, 1.807) is 18.3 Å². The molecule has 1 fully saturated rings. The number of piperazine rings is 1. The molecule has 3 rings (SSSR count). The minimum atomic E-state index is -0.552. The number of anilines is 1. The van der Waals surface area contributed by atoms with Crippen molar-refractivity contribution in [2.45, 2.75) is 26.3 Å². The van der Waals surface area contributed by atoms with Crippen LogP contribution in [0.25, 0.3) is 0 Å². The number of carbonyl (C=O) groups excluding carboxylic acids is 2. The van der Waals surface area contributed by atoms with Crippen LogP contribution < -0.4 is 10.2 Å². The highest BCUT2D eigenvalue weighted by Crippen LogP contribution is 2.15. The molecule has 2 aromatic rings. The van der Waals surface area contributed by atoms with Crippen molar-refractivity contribution < 1.29 is 14.0 Å². The number of amides is 2. The molecule has 3 heterocycles. The minimum absolute atomic E-state index is 0.0377. The number of nitrogens with zero attached hydrogens (tertiary/aromatic N) is 3. The van der Waals surface area contributed by atoms with Crippen LogP contribution in [0.15, 0.2) is 47.2 Å². The normalized spacial score (nSPS) is 15.7. The maximum absolute atomic E-state index is 13.0. The Balaban J connectivity index is 1.61. The summed E-state index contributed by atoms with van der Waals surface area (Å²) in [6.07, 6.45) is 3.81. The minimum Gasteiger partial charge on any atom is -0.459 e. The summed E-state index contributed by atoms with van der Waals surface area (Å²) >= 11 is 0. The van der Waals surface area contributed by atoms with Gasteiger partial charge in [0, 0.05) is 32.4 Å². The van der Waals surface area contributed by atoms with Gasteiger partial charge in [0.15, 0.2) is 5.76 Å². The summed E-state index contributed by atoms with van der Waals surface area (Å²) in [4.78, 5) is 33.7. The molecule has 1 aliphatic rings. The number of hydrogen-bond acceptors (Lipinski definition) is 5. The first-order chi connectivity index (χ1) is 13.0. The van der Waals surface area contributed by atoms with E-state index in [2.05, 4.69) is 15.2 Å². The quantitative estimate of drug-likeness (QED) is 0.843. The van der Waals surface area contributed by atoms with E-state index in [1.807, 2.05) is 36.9 Å². The van der Waals surface area contributed by atoms with Gasteiger partial charge in [0.05, 0.1) is 6.26 Å². The van der Waals surface area contributed by atoms with Crippen LogP contribution in [-0.2, 0) is 4.79 Å². The van der Waals surface area contributed by atoms with E-state index in [0.29, 0.717) is 19.5 Å². The summed E-state index contributed by atoms with van der Waals surface area (Å²) in [5.74, 6) is 1.03. The van der Waals surface area contributed by atoms with Crippen molar-refractivity contribution >= 4 is 17.6 Å². The van der Waals surface area contributed by atoms with E-state index in [-0.39, 0.29) is 23.5 Å². The zero-order valence-electron chi connectivity index (χ0n) is 15.8. The van der Waals surface area contributed by atoms with Gasteiger partial charge in [0.25, 0.3) is 5.91 Å². The second-order valence-corrected chi connectivity index (χ2v) is 7.13. The van der Waals surface area contributed by atoms with Crippen LogP contribution in [0, 0.1) is 5.92 Å². The fourth-order valence-corrected chi connectivity index (χ4v) is 3.25. The summed E-state index contributed by atoms with van der Waals surface area (Å²) in [5.41, 5.74) is 0. The highest BCUT2D eigenvalue weighted by Gasteiger charge is 2.30. The largest absolute Gasteiger partial charge is 0.459 e. The number of pyridine rings is 1. The monoisotopic (exact) mass is 370 g/mol. The maximum atomic E-state index is 13.0. The van der Waals surface area contributed by atoms with Gasteiger partial charge in [-0.3, -0.25) is 9.59 Å². The fourth-order valence-electron chi connectivity index (χ4n) is 3.25. The predicted octanol–water partition coefficient (Wildman–Crippen LogP) is 2.17. The first-order valence-electron chi connectivity index (χ1n) is 9.33. The lowest BCUT2D eigenvalue weighted by Crippen LogP contribution is -2.55. The molecule has 0 unspecified atom stereocenters. The zero-order valence-corrected chi connectivity index (χ0v) is 15.8. The lowest BCUT2D eigenvalue weighted by atomic mass is 10.0. The fraction of sp³-hybridized carbons (Fsp3) is 0.450. The molecule has 27 heavy (non-hydrogen) atoms. The van der Waals surface area contributed by atoms with Gasteiger partial charge in [-0.2, -0.15) is 0 Å². The van der Waals surface area contributed by atoms with E-state index in [0.717, 1.165) is 18.9 Å². The molecule has 2 amide bonds. The van der Waals surface area contributed by atoms with Crippen molar-refractivity contribution in [2.75, 3.05) is 31.1 Å². The van der Waals surface area contributed by atoms with Gasteiger partial charge < -0.3 is 19.5 Å². The van der Waals surface area contributed by atoms with Crippen molar-refractivity contribution in [2.24, 2.45) is 5.92 Å². The Bertz CT molecular complexity index is 738. The Kier molecular flexibility index (Phi) is 6.11. The van der Waals surface area contributed by atoms with E-state index in [1.165, 1.54) is 6.26 Å². The van der Waals surface area contributed by atoms with Crippen molar-refractivity contribution in [3.05, 3.63) is 48.6 Å². The summed E-state index contributed by atoms with van der Waals surface area (Å²) < 4.78 is 5.14. The lowest BCUT2D eigenvalue weighted by Gasteiger charge is -2.37. The Hall–Kier alpha value is -2.83. The average molecular weight is 370 g/mol. The van der Waals surface area contributed by atoms with Crippen LogP contribution in [-0.4, -0.2) is 53.9 Å². The van der Waals surface area contributed by atoms with Crippen LogP contribution >= 0.6 is 0 Å². The highest BCUT2D eigenvalue weighted by molar-refractivity contribution is 5.95. The molecule has 7 heteroatoms. The van der Waals surface area contributed by atoms with Gasteiger partial charge in [-0.15, -0.1) is 0 Å². The first kappa shape index (κ1) is 18.9. The third-order valence-electron chi connectivity index (χ3n) is 4.62. The smallest absolute Gasteiger partial charge is 0.287 e. The van der Waals surface area contributed by atoms with Crippen molar-refractivity contribution in [1.29, 1.82) is 0 Å². The molecule has 0 aromatic carbocycles. The molecule has 1 saturated heterocycles. The van der Waals surface area contributed by atoms with E-state index in [4.69, 9.17) is 4.42 Å². The van der Waals surface area contributed by atoms with E-state index < -0.39 is 6.04 Å². The average Bonchev–Trinajstić information content (AvgIpc) is 3.22. The summed E-state index contributed by atoms with van der Waals surface area (Å²) in [6.45, 7) is 6.75. The molecule has 144 valence electrons. The van der Waals surface area contributed by atoms with Gasteiger partial charge >= 0.3 is 0 Å². The Morgan fingerprint density at radius 3 is 2.52 bits per heavy atom. The number of hydrogen-bond donors (Lipinski definition) is 1. The predicted molar refractivity (Wildman–Crippen MR) is 102 cm³/mol. The third kappa shape index (κ3) is 4.87. The van der Waals surface area contributed by atoms with E-state index in [9.17, 15) is 9.59 Å². The molecular formula is C20H26N4O3. The van der Waals surface area contributed by atoms with Gasteiger partial charge in [-0.25, -0.2) is 4.98 Å². The van der Waals surface area contributed by atoms with Gasteiger partial charge in [0.1, 0.15) is 11.9 Å². The number of aromatic nitrogens is 1. The van der Waals surface area contributed by atoms with Crippen LogP contribution in [0.2, 0.25) is 0 Å². The molecule has 0 spiro atoms. The Morgan fingerprint density at radius 1 is 1.15 bits per heavy atom. The Labute approximate surface area is 159 Å². The second kappa shape index (κ2) is 8.70. The summed E-state index contributed by atoms with van der Waals surface area (Å²) in [6, 6.07) is 8.53. The van der Waals surface area contributed by atoms with Gasteiger partial charge in [-0.05, 0) is 36.6 Å². The number of nitrogens with one attached hydrogen (secondary N) is 1. The van der Waals surface area contributed by atoms with Crippen LogP contribution in [0.3, 0.4) is 0 Å². The molecule has 7 nitrogen and oxygen atoms in total. The molecule has 1 aliphatic heterocycles. The van der Waals surface area contributed by atoms with Gasteiger partial charge in [0.2, 0.25) is 5.91 Å². The SMILES string of the molecule is CC(C)C[C@@H](NC(=O)c1ccco1)C(=O)N1CCN(c2ccccn2)CC1. The Morgan fingerprint density at radius 2 is 1.93 bits per heavy atom. The number of carbonyl (C=O) groups is 2. The summed E-state index contributed by atoms with van der Waals surface area (Å²) in [7, 11) is 0. The molecule has 0 aliphatic carbocycles. The molecular weight excluding hydrogens is 344 g/mol. The molecule has 2 aromatic heterocycles. The molecule has 0 bridgehead atoms. The zero-order chi connectivity index (χ0) is 19.2. The summed E-state index contributed by atoms with van der Waals surface area (Å²) in [5, 5.41) is 2.84. The second-order valence-electron chi connectivity index (χ2n) is 7.13.